The Morgan fingerprint density at radius 2 is 1.46 bits per heavy atom. The normalized spacial score (nSPS) is 18.2. The Kier molecular flexibility index (Phi) is 4.05. The molecular weight excluding hydrogens is 242 g/mol. The second-order valence-electron chi connectivity index (χ2n) is 3.27. The van der Waals surface area contributed by atoms with Crippen molar-refractivity contribution in [3.63, 3.8) is 0 Å². The van der Waals surface area contributed by atoms with Crippen molar-refractivity contribution in [2.24, 2.45) is 0 Å². The minimum Gasteiger partial charge on any atom is -1.00 e. The van der Waals surface area contributed by atoms with Gasteiger partial charge in [-0.25, -0.2) is 0 Å². The maximum absolute atomic E-state index is 2.50. The molecule has 0 saturated heterocycles. The van der Waals surface area contributed by atoms with Crippen LogP contribution in [-0.2, 0) is 21.8 Å². The summed E-state index contributed by atoms with van der Waals surface area (Å²) >= 11 is -1.27. The first-order valence-corrected chi connectivity index (χ1v) is 9.35. The van der Waals surface area contributed by atoms with E-state index in [-0.39, 0.29) is 4.70 Å². The van der Waals surface area contributed by atoms with Crippen LogP contribution in [0.5, 0.6) is 0 Å². The molecule has 0 N–H and O–H groups in total. The van der Waals surface area contributed by atoms with Crippen LogP contribution in [0.25, 0.3) is 0 Å². The Bertz CT molecular complexity index is 267. The second kappa shape index (κ2) is 4.86. The molecule has 0 saturated carbocycles. The van der Waals surface area contributed by atoms with E-state index in [0.29, 0.717) is 0 Å². The maximum atomic E-state index is 2.50. The van der Waals surface area contributed by atoms with Crippen molar-refractivity contribution < 1.29 is 26.5 Å². The van der Waals surface area contributed by atoms with Gasteiger partial charge < -0.3 is 4.70 Å². The van der Waals surface area contributed by atoms with Crippen molar-refractivity contribution in [1.82, 2.24) is 0 Å². The Balaban J connectivity index is 0.000000845. The SMILES string of the molecule is [CH3][Zr+]([C]1=CC=CC1)[C]1=CC=CC1.[F-]. The van der Waals surface area contributed by atoms with Gasteiger partial charge in [-0.2, -0.15) is 0 Å². The molecule has 0 bridgehead atoms. The van der Waals surface area contributed by atoms with Crippen LogP contribution in [0.1, 0.15) is 12.8 Å². The molecule has 2 aliphatic carbocycles. The fraction of sp³-hybridized carbons (Fsp3) is 0.273. The van der Waals surface area contributed by atoms with E-state index in [1.165, 1.54) is 12.8 Å². The molecule has 0 aliphatic heterocycles. The van der Waals surface area contributed by atoms with Crippen LogP contribution in [0.2, 0.25) is 4.63 Å². The molecule has 0 aromatic heterocycles. The second-order valence-corrected chi connectivity index (χ2v) is 9.50. The molecule has 0 nitrogen and oxygen atoms in total. The molecule has 2 rings (SSSR count). The molecule has 0 fully saturated rings. The molecule has 0 amide bonds. The van der Waals surface area contributed by atoms with Gasteiger partial charge in [0, 0.05) is 0 Å². The van der Waals surface area contributed by atoms with Gasteiger partial charge in [0.15, 0.2) is 0 Å². The fourth-order valence-electron chi connectivity index (χ4n) is 1.66. The number of allylic oxidation sites excluding steroid dienone is 8. The van der Waals surface area contributed by atoms with Crippen molar-refractivity contribution in [3.05, 3.63) is 43.0 Å². The predicted octanol–water partition coefficient (Wildman–Crippen LogP) is 0.344. The zero-order valence-corrected chi connectivity index (χ0v) is 10.2. The van der Waals surface area contributed by atoms with Gasteiger partial charge in [0.25, 0.3) is 0 Å². The van der Waals surface area contributed by atoms with Gasteiger partial charge in [-0.1, -0.05) is 0 Å². The topological polar surface area (TPSA) is 0 Å². The first-order valence-electron chi connectivity index (χ1n) is 4.43. The van der Waals surface area contributed by atoms with Crippen LogP contribution in [0, 0.1) is 0 Å². The van der Waals surface area contributed by atoms with Crippen molar-refractivity contribution in [2.75, 3.05) is 0 Å². The number of rotatable bonds is 2. The molecule has 68 valence electrons. The molecule has 0 aromatic rings. The molecule has 0 radical (unpaired) electrons. The molecule has 2 heteroatoms. The standard InChI is InChI=1S/2C5H5.CH3.FH.Zr/c2*1-2-4-5-3-1;;;/h2*1-3H,4H2;1H3;1H;/q;;;;+1/p-1. The van der Waals surface area contributed by atoms with Gasteiger partial charge in [-0.15, -0.1) is 0 Å². The summed E-state index contributed by atoms with van der Waals surface area (Å²) in [5.41, 5.74) is 0. The molecular formula is C11H13FZr. The van der Waals surface area contributed by atoms with Crippen LogP contribution in [0.3, 0.4) is 0 Å². The van der Waals surface area contributed by atoms with Gasteiger partial charge in [-0.05, 0) is 0 Å². The van der Waals surface area contributed by atoms with Gasteiger partial charge in [0.1, 0.15) is 0 Å². The quantitative estimate of drug-likeness (QED) is 0.668. The van der Waals surface area contributed by atoms with Crippen molar-refractivity contribution in [2.45, 2.75) is 17.5 Å². The summed E-state index contributed by atoms with van der Waals surface area (Å²) in [6.07, 6.45) is 16.1. The molecule has 0 heterocycles. The average molecular weight is 255 g/mol. The molecule has 2 aliphatic rings. The fourth-order valence-corrected chi connectivity index (χ4v) is 6.46. The van der Waals surface area contributed by atoms with Crippen LogP contribution in [-0.4, -0.2) is 0 Å². The smallest absolute Gasteiger partial charge is 1.00 e. The van der Waals surface area contributed by atoms with E-state index in [2.05, 4.69) is 41.1 Å². The van der Waals surface area contributed by atoms with Gasteiger partial charge in [-0.3, -0.25) is 0 Å². The third-order valence-corrected chi connectivity index (χ3v) is 9.06. The number of hydrogen-bond donors (Lipinski definition) is 0. The first kappa shape index (κ1) is 10.9. The van der Waals surface area contributed by atoms with Crippen LogP contribution >= 0.6 is 0 Å². The van der Waals surface area contributed by atoms with Gasteiger partial charge >= 0.3 is 82.2 Å². The van der Waals surface area contributed by atoms with Crippen molar-refractivity contribution >= 4 is 0 Å². The molecule has 0 atom stereocenters. The largest absolute Gasteiger partial charge is 1.00 e. The minimum atomic E-state index is -1.27. The Hall–Kier alpha value is -0.227. The minimum absolute atomic E-state index is 0. The molecule has 13 heavy (non-hydrogen) atoms. The van der Waals surface area contributed by atoms with E-state index in [4.69, 9.17) is 0 Å². The summed E-state index contributed by atoms with van der Waals surface area (Å²) in [5.74, 6) is 0. The van der Waals surface area contributed by atoms with Crippen molar-refractivity contribution in [1.29, 1.82) is 0 Å². The third-order valence-electron chi connectivity index (χ3n) is 2.51. The molecule has 0 unspecified atom stereocenters. The van der Waals surface area contributed by atoms with Crippen LogP contribution in [0.4, 0.5) is 0 Å². The summed E-state index contributed by atoms with van der Waals surface area (Å²) in [5, 5.41) is 0. The zero-order chi connectivity index (χ0) is 8.39. The number of hydrogen-bond acceptors (Lipinski definition) is 0. The Morgan fingerprint density at radius 1 is 1.00 bits per heavy atom. The molecule has 0 spiro atoms. The van der Waals surface area contributed by atoms with E-state index in [1.807, 2.05) is 0 Å². The predicted molar refractivity (Wildman–Crippen MR) is 49.5 cm³/mol. The van der Waals surface area contributed by atoms with Crippen LogP contribution in [0.15, 0.2) is 43.0 Å². The summed E-state index contributed by atoms with van der Waals surface area (Å²) < 4.78 is 6.01. The maximum Gasteiger partial charge on any atom is -1.00 e. The summed E-state index contributed by atoms with van der Waals surface area (Å²) in [6.45, 7) is 0. The van der Waals surface area contributed by atoms with E-state index in [9.17, 15) is 0 Å². The third kappa shape index (κ3) is 2.37. The Labute approximate surface area is 86.8 Å². The van der Waals surface area contributed by atoms with E-state index in [0.717, 1.165) is 0 Å². The molecule has 0 aromatic carbocycles. The number of halogens is 1. The van der Waals surface area contributed by atoms with Crippen LogP contribution < -0.4 is 4.70 Å². The summed E-state index contributed by atoms with van der Waals surface area (Å²) in [7, 11) is 0. The van der Waals surface area contributed by atoms with Crippen molar-refractivity contribution in [3.8, 4) is 0 Å². The Morgan fingerprint density at radius 3 is 1.77 bits per heavy atom. The summed E-state index contributed by atoms with van der Waals surface area (Å²) in [6, 6.07) is 0. The summed E-state index contributed by atoms with van der Waals surface area (Å²) in [4.78, 5) is 0. The van der Waals surface area contributed by atoms with E-state index >= 15 is 0 Å². The van der Waals surface area contributed by atoms with E-state index in [1.54, 1.807) is 6.56 Å². The first-order chi connectivity index (χ1) is 5.88. The monoisotopic (exact) mass is 254 g/mol. The van der Waals surface area contributed by atoms with Gasteiger partial charge in [0.2, 0.25) is 0 Å². The van der Waals surface area contributed by atoms with E-state index < -0.39 is 21.8 Å². The average Bonchev–Trinajstić information content (AvgIpc) is 2.77. The van der Waals surface area contributed by atoms with Gasteiger partial charge in [0.05, 0.1) is 0 Å². The zero-order valence-electron chi connectivity index (χ0n) is 7.76.